The summed E-state index contributed by atoms with van der Waals surface area (Å²) >= 11 is 0. The highest BCUT2D eigenvalue weighted by Crippen LogP contribution is 2.25. The zero-order valence-electron chi connectivity index (χ0n) is 8.09. The van der Waals surface area contributed by atoms with Crippen LogP contribution in [0.1, 0.15) is 18.9 Å². The molecule has 1 aromatic carbocycles. The smallest absolute Gasteiger partial charge is 0.113 e. The van der Waals surface area contributed by atoms with Crippen molar-refractivity contribution < 1.29 is 0 Å². The Morgan fingerprint density at radius 2 is 2.31 bits per heavy atom. The molecule has 2 radical (unpaired) electrons. The summed E-state index contributed by atoms with van der Waals surface area (Å²) in [7, 11) is 5.77. The van der Waals surface area contributed by atoms with E-state index in [0.717, 1.165) is 12.0 Å². The molecule has 0 bridgehead atoms. The predicted octanol–water partition coefficient (Wildman–Crippen LogP) is 1.25. The van der Waals surface area contributed by atoms with Gasteiger partial charge >= 0.3 is 0 Å². The minimum Gasteiger partial charge on any atom is -0.372 e. The van der Waals surface area contributed by atoms with Crippen molar-refractivity contribution in [2.24, 2.45) is 0 Å². The normalized spacial score (nSPS) is 15.6. The molecule has 1 aliphatic heterocycles. The molecule has 0 spiro atoms. The highest BCUT2D eigenvalue weighted by molar-refractivity contribution is 6.32. The number of benzene rings is 1. The molecule has 1 aliphatic rings. The van der Waals surface area contributed by atoms with Crippen molar-refractivity contribution >= 4 is 19.0 Å². The maximum Gasteiger partial charge on any atom is 0.113 e. The summed E-state index contributed by atoms with van der Waals surface area (Å²) in [6, 6.07) is 6.25. The van der Waals surface area contributed by atoms with E-state index in [1.165, 1.54) is 30.6 Å². The number of aryl methyl sites for hydroxylation is 1. The summed E-state index contributed by atoms with van der Waals surface area (Å²) < 4.78 is 0. The fraction of sp³-hybridized carbons (Fsp3) is 0.455. The predicted molar refractivity (Wildman–Crippen MR) is 58.0 cm³/mol. The lowest BCUT2D eigenvalue weighted by Gasteiger charge is -2.30. The van der Waals surface area contributed by atoms with Gasteiger partial charge in [0.15, 0.2) is 0 Å². The van der Waals surface area contributed by atoms with Crippen molar-refractivity contribution in [2.75, 3.05) is 18.0 Å². The van der Waals surface area contributed by atoms with Gasteiger partial charge in [-0.15, -0.1) is 0 Å². The molecule has 0 N–H and O–H groups in total. The molecule has 2 heteroatoms. The number of anilines is 1. The first-order valence-electron chi connectivity index (χ1n) is 4.94. The van der Waals surface area contributed by atoms with E-state index in [2.05, 4.69) is 24.0 Å². The Labute approximate surface area is 81.2 Å². The van der Waals surface area contributed by atoms with Crippen LogP contribution in [0.25, 0.3) is 0 Å². The third-order valence-electron chi connectivity index (χ3n) is 2.71. The largest absolute Gasteiger partial charge is 0.372 e. The van der Waals surface area contributed by atoms with Crippen LogP contribution in [0.2, 0.25) is 0 Å². The lowest BCUT2D eigenvalue weighted by atomic mass is 9.91. The summed E-state index contributed by atoms with van der Waals surface area (Å²) in [4.78, 5) is 2.40. The number of hydrogen-bond donors (Lipinski definition) is 0. The van der Waals surface area contributed by atoms with Gasteiger partial charge in [-0.2, -0.15) is 0 Å². The standard InChI is InChI=1S/C11H14BN/c1-2-13-7-3-4-9-5-6-10(12)8-11(9)13/h5-6,8H,2-4,7H2,1H3. The Morgan fingerprint density at radius 3 is 3.08 bits per heavy atom. The lowest BCUT2D eigenvalue weighted by molar-refractivity contribution is 0.708. The zero-order chi connectivity index (χ0) is 9.26. The molecule has 1 heterocycles. The summed E-state index contributed by atoms with van der Waals surface area (Å²) in [6.07, 6.45) is 2.47. The second-order valence-electron chi connectivity index (χ2n) is 3.57. The molecule has 2 rings (SSSR count). The van der Waals surface area contributed by atoms with Crippen LogP contribution >= 0.6 is 0 Å². The molecule has 0 aliphatic carbocycles. The van der Waals surface area contributed by atoms with E-state index in [1.807, 2.05) is 6.07 Å². The van der Waals surface area contributed by atoms with E-state index >= 15 is 0 Å². The van der Waals surface area contributed by atoms with Gasteiger partial charge in [0, 0.05) is 18.8 Å². The second kappa shape index (κ2) is 3.45. The minimum absolute atomic E-state index is 0.874. The van der Waals surface area contributed by atoms with Gasteiger partial charge in [0.25, 0.3) is 0 Å². The molecular formula is C11H14BN. The van der Waals surface area contributed by atoms with E-state index in [9.17, 15) is 0 Å². The Morgan fingerprint density at radius 1 is 1.46 bits per heavy atom. The van der Waals surface area contributed by atoms with Crippen LogP contribution in [0.15, 0.2) is 18.2 Å². The molecule has 0 fully saturated rings. The fourth-order valence-electron chi connectivity index (χ4n) is 2.00. The second-order valence-corrected chi connectivity index (χ2v) is 3.57. The highest BCUT2D eigenvalue weighted by Gasteiger charge is 2.14. The summed E-state index contributed by atoms with van der Waals surface area (Å²) in [5.74, 6) is 0. The fourth-order valence-corrected chi connectivity index (χ4v) is 2.00. The molecule has 0 saturated carbocycles. The molecule has 13 heavy (non-hydrogen) atoms. The van der Waals surface area contributed by atoms with Gasteiger partial charge < -0.3 is 4.90 Å². The van der Waals surface area contributed by atoms with Crippen LogP contribution in [0.3, 0.4) is 0 Å². The maximum atomic E-state index is 5.77. The molecule has 0 saturated heterocycles. The van der Waals surface area contributed by atoms with Crippen molar-refractivity contribution in [3.05, 3.63) is 23.8 Å². The Bertz CT molecular complexity index is 309. The van der Waals surface area contributed by atoms with Crippen LogP contribution in [0.5, 0.6) is 0 Å². The summed E-state index contributed by atoms with van der Waals surface area (Å²) in [5.41, 5.74) is 3.66. The van der Waals surface area contributed by atoms with E-state index < -0.39 is 0 Å². The van der Waals surface area contributed by atoms with Crippen molar-refractivity contribution in [1.82, 2.24) is 0 Å². The number of nitrogens with zero attached hydrogens (tertiary/aromatic N) is 1. The Balaban J connectivity index is 2.41. The molecule has 1 aromatic rings. The van der Waals surface area contributed by atoms with Gasteiger partial charge in [-0.1, -0.05) is 17.6 Å². The van der Waals surface area contributed by atoms with Crippen LogP contribution in [-0.2, 0) is 6.42 Å². The Kier molecular flexibility index (Phi) is 2.30. The van der Waals surface area contributed by atoms with Crippen LogP contribution in [0.4, 0.5) is 5.69 Å². The lowest BCUT2D eigenvalue weighted by Crippen LogP contribution is -2.29. The molecular weight excluding hydrogens is 157 g/mol. The monoisotopic (exact) mass is 171 g/mol. The molecule has 0 amide bonds. The van der Waals surface area contributed by atoms with Crippen LogP contribution in [-0.4, -0.2) is 20.9 Å². The van der Waals surface area contributed by atoms with Gasteiger partial charge in [0.2, 0.25) is 0 Å². The van der Waals surface area contributed by atoms with Crippen LogP contribution < -0.4 is 10.4 Å². The van der Waals surface area contributed by atoms with Gasteiger partial charge in [-0.05, 0) is 31.4 Å². The number of rotatable bonds is 1. The van der Waals surface area contributed by atoms with Crippen molar-refractivity contribution in [2.45, 2.75) is 19.8 Å². The average molecular weight is 171 g/mol. The number of fused-ring (bicyclic) bond motifs is 1. The first kappa shape index (κ1) is 8.67. The first-order chi connectivity index (χ1) is 6.31. The van der Waals surface area contributed by atoms with Gasteiger partial charge in [0.1, 0.15) is 7.85 Å². The van der Waals surface area contributed by atoms with E-state index in [0.29, 0.717) is 0 Å². The van der Waals surface area contributed by atoms with E-state index in [4.69, 9.17) is 7.85 Å². The maximum absolute atomic E-state index is 5.77. The van der Waals surface area contributed by atoms with Crippen molar-refractivity contribution in [1.29, 1.82) is 0 Å². The molecule has 0 unspecified atom stereocenters. The van der Waals surface area contributed by atoms with E-state index in [1.54, 1.807) is 0 Å². The molecule has 0 atom stereocenters. The van der Waals surface area contributed by atoms with Gasteiger partial charge in [0.05, 0.1) is 0 Å². The van der Waals surface area contributed by atoms with Crippen molar-refractivity contribution in [3.8, 4) is 0 Å². The highest BCUT2D eigenvalue weighted by atomic mass is 15.1. The third kappa shape index (κ3) is 1.58. The average Bonchev–Trinajstić information content (AvgIpc) is 2.17. The Hall–Kier alpha value is -0.915. The number of hydrogen-bond acceptors (Lipinski definition) is 1. The van der Waals surface area contributed by atoms with E-state index in [-0.39, 0.29) is 0 Å². The first-order valence-corrected chi connectivity index (χ1v) is 4.94. The topological polar surface area (TPSA) is 3.24 Å². The van der Waals surface area contributed by atoms with Gasteiger partial charge in [-0.25, -0.2) is 0 Å². The molecule has 0 aromatic heterocycles. The third-order valence-corrected chi connectivity index (χ3v) is 2.71. The minimum atomic E-state index is 0.874. The van der Waals surface area contributed by atoms with Crippen molar-refractivity contribution in [3.63, 3.8) is 0 Å². The summed E-state index contributed by atoms with van der Waals surface area (Å²) in [6.45, 7) is 4.45. The molecule has 1 nitrogen and oxygen atoms in total. The molecule has 66 valence electrons. The van der Waals surface area contributed by atoms with Crippen LogP contribution in [0, 0.1) is 0 Å². The summed E-state index contributed by atoms with van der Waals surface area (Å²) in [5, 5.41) is 0. The SMILES string of the molecule is [B]c1ccc2c(c1)N(CC)CCC2. The van der Waals surface area contributed by atoms with Gasteiger partial charge in [-0.3, -0.25) is 0 Å². The zero-order valence-corrected chi connectivity index (χ0v) is 8.09. The quantitative estimate of drug-likeness (QED) is 0.575.